The molecule has 2 heteroatoms. The van der Waals surface area contributed by atoms with Gasteiger partial charge in [0.05, 0.1) is 5.52 Å². The lowest BCUT2D eigenvalue weighted by Gasteiger charge is -2.03. The van der Waals surface area contributed by atoms with Gasteiger partial charge in [-0.15, -0.1) is 0 Å². The minimum absolute atomic E-state index is 0.797. The fourth-order valence-corrected chi connectivity index (χ4v) is 1.91. The van der Waals surface area contributed by atoms with Crippen LogP contribution in [-0.4, -0.2) is 4.98 Å². The van der Waals surface area contributed by atoms with Gasteiger partial charge < -0.3 is 5.73 Å². The van der Waals surface area contributed by atoms with Gasteiger partial charge in [-0.1, -0.05) is 18.2 Å². The Bertz CT molecular complexity index is 644. The Morgan fingerprint density at radius 3 is 2.80 bits per heavy atom. The van der Waals surface area contributed by atoms with Crippen molar-refractivity contribution in [2.75, 3.05) is 5.73 Å². The first kappa shape index (κ1) is 8.24. The van der Waals surface area contributed by atoms with Crippen molar-refractivity contribution >= 4 is 27.4 Å². The molecule has 0 aliphatic carbocycles. The lowest BCUT2D eigenvalue weighted by atomic mass is 10.0. The summed E-state index contributed by atoms with van der Waals surface area (Å²) in [7, 11) is 0. The second-order valence-electron chi connectivity index (χ2n) is 3.62. The number of benzene rings is 2. The summed E-state index contributed by atoms with van der Waals surface area (Å²) in [5, 5.41) is 3.54. The zero-order chi connectivity index (χ0) is 10.3. The minimum atomic E-state index is 0.797. The first-order valence-corrected chi connectivity index (χ1v) is 4.87. The van der Waals surface area contributed by atoms with Crippen molar-refractivity contribution in [2.45, 2.75) is 0 Å². The normalized spacial score (nSPS) is 10.9. The van der Waals surface area contributed by atoms with Crippen LogP contribution >= 0.6 is 0 Å². The molecule has 15 heavy (non-hydrogen) atoms. The minimum Gasteiger partial charge on any atom is -0.399 e. The molecule has 3 aromatic rings. The maximum absolute atomic E-state index is 5.75. The molecule has 1 heterocycles. The van der Waals surface area contributed by atoms with Gasteiger partial charge in [0, 0.05) is 17.3 Å². The highest BCUT2D eigenvalue weighted by atomic mass is 14.6. The number of aromatic nitrogens is 1. The molecular formula is C13H10N2. The van der Waals surface area contributed by atoms with Crippen LogP contribution in [0.4, 0.5) is 5.69 Å². The molecule has 2 nitrogen and oxygen atoms in total. The first-order chi connectivity index (χ1) is 7.34. The molecule has 0 unspecified atom stereocenters. The molecule has 0 saturated heterocycles. The Morgan fingerprint density at radius 2 is 1.87 bits per heavy atom. The van der Waals surface area contributed by atoms with Crippen molar-refractivity contribution in [3.63, 3.8) is 0 Å². The molecule has 0 saturated carbocycles. The summed E-state index contributed by atoms with van der Waals surface area (Å²) in [6.45, 7) is 0. The molecule has 0 radical (unpaired) electrons. The molecule has 0 aliphatic rings. The number of anilines is 1. The van der Waals surface area contributed by atoms with Crippen LogP contribution in [-0.2, 0) is 0 Å². The third kappa shape index (κ3) is 1.22. The molecule has 72 valence electrons. The monoisotopic (exact) mass is 194 g/mol. The van der Waals surface area contributed by atoms with Crippen LogP contribution in [0.1, 0.15) is 0 Å². The largest absolute Gasteiger partial charge is 0.399 e. The van der Waals surface area contributed by atoms with Crippen LogP contribution in [0.15, 0.2) is 48.7 Å². The molecule has 2 N–H and O–H groups in total. The van der Waals surface area contributed by atoms with Gasteiger partial charge in [-0.2, -0.15) is 0 Å². The van der Waals surface area contributed by atoms with Crippen molar-refractivity contribution in [3.8, 4) is 0 Å². The van der Waals surface area contributed by atoms with Gasteiger partial charge in [0.15, 0.2) is 0 Å². The summed E-state index contributed by atoms with van der Waals surface area (Å²) in [6, 6.07) is 14.1. The average Bonchev–Trinajstić information content (AvgIpc) is 2.28. The predicted molar refractivity (Wildman–Crippen MR) is 63.7 cm³/mol. The Balaban J connectivity index is 2.55. The van der Waals surface area contributed by atoms with E-state index in [-0.39, 0.29) is 0 Å². The summed E-state index contributed by atoms with van der Waals surface area (Å²) in [4.78, 5) is 4.32. The first-order valence-electron chi connectivity index (χ1n) is 4.87. The van der Waals surface area contributed by atoms with E-state index in [9.17, 15) is 0 Å². The molecule has 1 aromatic heterocycles. The van der Waals surface area contributed by atoms with Gasteiger partial charge in [-0.05, 0) is 35.0 Å². The van der Waals surface area contributed by atoms with Gasteiger partial charge in [0.1, 0.15) is 0 Å². The number of nitrogens with zero attached hydrogens (tertiary/aromatic N) is 1. The number of hydrogen-bond donors (Lipinski definition) is 1. The van der Waals surface area contributed by atoms with Crippen molar-refractivity contribution in [1.29, 1.82) is 0 Å². The zero-order valence-corrected chi connectivity index (χ0v) is 8.14. The number of rotatable bonds is 0. The molecular weight excluding hydrogens is 184 g/mol. The molecule has 3 rings (SSSR count). The van der Waals surface area contributed by atoms with Crippen molar-refractivity contribution in [1.82, 2.24) is 4.98 Å². The van der Waals surface area contributed by atoms with Crippen molar-refractivity contribution in [2.24, 2.45) is 0 Å². The summed E-state index contributed by atoms with van der Waals surface area (Å²) in [5.41, 5.74) is 7.57. The van der Waals surface area contributed by atoms with E-state index in [2.05, 4.69) is 23.2 Å². The van der Waals surface area contributed by atoms with E-state index in [0.29, 0.717) is 0 Å². The van der Waals surface area contributed by atoms with Crippen LogP contribution in [0.2, 0.25) is 0 Å². The topological polar surface area (TPSA) is 38.9 Å². The smallest absolute Gasteiger partial charge is 0.0708 e. The van der Waals surface area contributed by atoms with Gasteiger partial charge in [-0.25, -0.2) is 0 Å². The zero-order valence-electron chi connectivity index (χ0n) is 8.14. The van der Waals surface area contributed by atoms with Gasteiger partial charge in [0.2, 0.25) is 0 Å². The fraction of sp³-hybridized carbons (Fsp3) is 0. The standard InChI is InChI=1S/C13H10N2/c14-10-4-5-11-9(8-10)3-6-13-12(11)2-1-7-15-13/h1-8H,14H2. The fourth-order valence-electron chi connectivity index (χ4n) is 1.91. The van der Waals surface area contributed by atoms with Gasteiger partial charge >= 0.3 is 0 Å². The Morgan fingerprint density at radius 1 is 0.933 bits per heavy atom. The van der Waals surface area contributed by atoms with E-state index in [4.69, 9.17) is 5.73 Å². The highest BCUT2D eigenvalue weighted by molar-refractivity contribution is 6.06. The number of nitrogens with two attached hydrogens (primary N) is 1. The van der Waals surface area contributed by atoms with E-state index < -0.39 is 0 Å². The Kier molecular flexibility index (Phi) is 1.62. The van der Waals surface area contributed by atoms with Crippen LogP contribution in [0, 0.1) is 0 Å². The van der Waals surface area contributed by atoms with Gasteiger partial charge in [0.25, 0.3) is 0 Å². The third-order valence-electron chi connectivity index (χ3n) is 2.63. The number of hydrogen-bond acceptors (Lipinski definition) is 2. The maximum atomic E-state index is 5.75. The van der Waals surface area contributed by atoms with Crippen LogP contribution in [0.3, 0.4) is 0 Å². The van der Waals surface area contributed by atoms with Crippen LogP contribution in [0.25, 0.3) is 21.7 Å². The van der Waals surface area contributed by atoms with E-state index in [1.165, 1.54) is 10.8 Å². The maximum Gasteiger partial charge on any atom is 0.0708 e. The molecule has 0 bridgehead atoms. The highest BCUT2D eigenvalue weighted by Crippen LogP contribution is 2.25. The second kappa shape index (κ2) is 2.95. The number of nitrogen functional groups attached to an aromatic ring is 1. The van der Waals surface area contributed by atoms with E-state index in [1.54, 1.807) is 0 Å². The molecule has 0 amide bonds. The molecule has 0 aliphatic heterocycles. The second-order valence-corrected chi connectivity index (χ2v) is 3.62. The summed E-state index contributed by atoms with van der Waals surface area (Å²) in [6.07, 6.45) is 1.81. The quantitative estimate of drug-likeness (QED) is 0.441. The van der Waals surface area contributed by atoms with Gasteiger partial charge in [-0.3, -0.25) is 4.98 Å². The van der Waals surface area contributed by atoms with E-state index >= 15 is 0 Å². The van der Waals surface area contributed by atoms with E-state index in [1.807, 2.05) is 30.5 Å². The predicted octanol–water partition coefficient (Wildman–Crippen LogP) is 2.97. The number of pyridine rings is 1. The van der Waals surface area contributed by atoms with Crippen LogP contribution in [0.5, 0.6) is 0 Å². The lowest BCUT2D eigenvalue weighted by molar-refractivity contribution is 1.42. The number of fused-ring (bicyclic) bond motifs is 3. The molecule has 2 aromatic carbocycles. The highest BCUT2D eigenvalue weighted by Gasteiger charge is 2.00. The molecule has 0 spiro atoms. The summed E-state index contributed by atoms with van der Waals surface area (Å²) < 4.78 is 0. The Hall–Kier alpha value is -2.09. The van der Waals surface area contributed by atoms with Crippen LogP contribution < -0.4 is 5.73 Å². The van der Waals surface area contributed by atoms with Crippen molar-refractivity contribution < 1.29 is 0 Å². The molecule has 0 fully saturated rings. The SMILES string of the molecule is Nc1ccc2c(ccc3ncccc32)c1. The lowest BCUT2D eigenvalue weighted by Crippen LogP contribution is -1.85. The average molecular weight is 194 g/mol. The molecule has 0 atom stereocenters. The summed E-state index contributed by atoms with van der Waals surface area (Å²) >= 11 is 0. The van der Waals surface area contributed by atoms with E-state index in [0.717, 1.165) is 16.6 Å². The third-order valence-corrected chi connectivity index (χ3v) is 2.63. The van der Waals surface area contributed by atoms with Crippen molar-refractivity contribution in [3.05, 3.63) is 48.7 Å². The Labute approximate surface area is 87.4 Å². The summed E-state index contributed by atoms with van der Waals surface area (Å²) in [5.74, 6) is 0.